The molecule has 2 fully saturated rings. The standard InChI is InChI=1S/C22H31FN2O4/c23-17-8-6-16(7-9-17)21(27)24-13-12-18-10-11-19(20(14-26)29-18)25-22(28)15-4-2-1-3-5-15/h6-9,15,18-20,26H,1-5,10-14H2,(H,24,27)(H,25,28)/t18-,19+,20+/m1/s1. The van der Waals surface area contributed by atoms with Crippen molar-refractivity contribution in [3.8, 4) is 0 Å². The van der Waals surface area contributed by atoms with Crippen molar-refractivity contribution >= 4 is 11.8 Å². The highest BCUT2D eigenvalue weighted by molar-refractivity contribution is 5.94. The quantitative estimate of drug-likeness (QED) is 0.649. The van der Waals surface area contributed by atoms with Gasteiger partial charge in [-0.1, -0.05) is 19.3 Å². The molecule has 7 heteroatoms. The lowest BCUT2D eigenvalue weighted by Gasteiger charge is -2.37. The third kappa shape index (κ3) is 6.24. The summed E-state index contributed by atoms with van der Waals surface area (Å²) in [6, 6.07) is 5.24. The molecule has 1 aromatic rings. The highest BCUT2D eigenvalue weighted by atomic mass is 19.1. The van der Waals surface area contributed by atoms with Gasteiger partial charge >= 0.3 is 0 Å². The number of hydrogen-bond acceptors (Lipinski definition) is 4. The van der Waals surface area contributed by atoms with E-state index in [4.69, 9.17) is 4.74 Å². The number of carbonyl (C=O) groups is 2. The molecule has 0 unspecified atom stereocenters. The summed E-state index contributed by atoms with van der Waals surface area (Å²) >= 11 is 0. The minimum Gasteiger partial charge on any atom is -0.394 e. The SMILES string of the molecule is O=C(NCC[C@H]1CC[C@H](NC(=O)C2CCCCC2)[C@H](CO)O1)c1ccc(F)cc1. The van der Waals surface area contributed by atoms with Crippen LogP contribution in [-0.2, 0) is 9.53 Å². The van der Waals surface area contributed by atoms with Crippen LogP contribution in [0.5, 0.6) is 0 Å². The number of aliphatic hydroxyl groups excluding tert-OH is 1. The molecule has 29 heavy (non-hydrogen) atoms. The molecular formula is C22H31FN2O4. The molecule has 3 rings (SSSR count). The number of amides is 2. The van der Waals surface area contributed by atoms with E-state index >= 15 is 0 Å². The van der Waals surface area contributed by atoms with Gasteiger partial charge in [-0.3, -0.25) is 9.59 Å². The Morgan fingerprint density at radius 1 is 1.07 bits per heavy atom. The Kier molecular flexibility index (Phi) is 8.00. The van der Waals surface area contributed by atoms with E-state index in [0.29, 0.717) is 18.5 Å². The second-order valence-corrected chi connectivity index (χ2v) is 8.06. The zero-order chi connectivity index (χ0) is 20.6. The van der Waals surface area contributed by atoms with Gasteiger partial charge in [-0.05, 0) is 56.4 Å². The average molecular weight is 406 g/mol. The number of ether oxygens (including phenoxy) is 1. The number of benzene rings is 1. The molecule has 0 aromatic heterocycles. The first kappa shape index (κ1) is 21.7. The molecule has 3 N–H and O–H groups in total. The summed E-state index contributed by atoms with van der Waals surface area (Å²) in [5.74, 6) is -0.460. The summed E-state index contributed by atoms with van der Waals surface area (Å²) in [4.78, 5) is 24.6. The van der Waals surface area contributed by atoms with Gasteiger partial charge in [-0.2, -0.15) is 0 Å². The highest BCUT2D eigenvalue weighted by Crippen LogP contribution is 2.26. The van der Waals surface area contributed by atoms with Gasteiger partial charge in [0.15, 0.2) is 0 Å². The van der Waals surface area contributed by atoms with Crippen LogP contribution in [-0.4, -0.2) is 48.3 Å². The van der Waals surface area contributed by atoms with Crippen LogP contribution >= 0.6 is 0 Å². The molecule has 6 nitrogen and oxygen atoms in total. The number of rotatable bonds is 7. The Hall–Kier alpha value is -1.99. The van der Waals surface area contributed by atoms with Gasteiger partial charge in [0.25, 0.3) is 5.91 Å². The van der Waals surface area contributed by atoms with E-state index in [1.54, 1.807) is 0 Å². The summed E-state index contributed by atoms with van der Waals surface area (Å²) in [5, 5.41) is 15.6. The molecule has 1 aliphatic carbocycles. The number of halogens is 1. The third-order valence-corrected chi connectivity index (χ3v) is 5.96. The van der Waals surface area contributed by atoms with Crippen molar-refractivity contribution < 1.29 is 23.8 Å². The molecule has 1 heterocycles. The Balaban J connectivity index is 1.41. The van der Waals surface area contributed by atoms with E-state index < -0.39 is 6.10 Å². The fraction of sp³-hybridized carbons (Fsp3) is 0.636. The number of hydrogen-bond donors (Lipinski definition) is 3. The van der Waals surface area contributed by atoms with Crippen molar-refractivity contribution in [2.75, 3.05) is 13.2 Å². The minimum atomic E-state index is -0.422. The van der Waals surface area contributed by atoms with E-state index in [2.05, 4.69) is 10.6 Å². The topological polar surface area (TPSA) is 87.7 Å². The molecule has 2 amide bonds. The van der Waals surface area contributed by atoms with Gasteiger partial charge in [0.2, 0.25) is 5.91 Å². The first-order valence-electron chi connectivity index (χ1n) is 10.7. The third-order valence-electron chi connectivity index (χ3n) is 5.96. The normalized spacial score (nSPS) is 25.4. The molecule has 1 aromatic carbocycles. The van der Waals surface area contributed by atoms with Crippen LogP contribution in [0.4, 0.5) is 4.39 Å². The fourth-order valence-electron chi connectivity index (χ4n) is 4.22. The predicted octanol–water partition coefficient (Wildman–Crippen LogP) is 2.55. The lowest BCUT2D eigenvalue weighted by atomic mass is 9.88. The molecule has 1 saturated heterocycles. The average Bonchev–Trinajstić information content (AvgIpc) is 2.75. The Morgan fingerprint density at radius 3 is 2.48 bits per heavy atom. The van der Waals surface area contributed by atoms with Gasteiger partial charge in [0, 0.05) is 18.0 Å². The van der Waals surface area contributed by atoms with Gasteiger partial charge in [0.1, 0.15) is 11.9 Å². The van der Waals surface area contributed by atoms with Crippen LogP contribution in [0.25, 0.3) is 0 Å². The first-order valence-corrected chi connectivity index (χ1v) is 10.7. The van der Waals surface area contributed by atoms with Crippen LogP contribution in [0, 0.1) is 11.7 Å². The van der Waals surface area contributed by atoms with Gasteiger partial charge in [-0.25, -0.2) is 4.39 Å². The van der Waals surface area contributed by atoms with E-state index in [0.717, 1.165) is 38.5 Å². The van der Waals surface area contributed by atoms with Crippen molar-refractivity contribution in [3.05, 3.63) is 35.6 Å². The lowest BCUT2D eigenvalue weighted by Crippen LogP contribution is -2.52. The highest BCUT2D eigenvalue weighted by Gasteiger charge is 2.33. The maximum atomic E-state index is 12.9. The van der Waals surface area contributed by atoms with Crippen LogP contribution in [0.1, 0.15) is 61.7 Å². The van der Waals surface area contributed by atoms with Gasteiger partial charge in [-0.15, -0.1) is 0 Å². The number of aliphatic hydroxyl groups is 1. The van der Waals surface area contributed by atoms with Crippen LogP contribution < -0.4 is 10.6 Å². The zero-order valence-electron chi connectivity index (χ0n) is 16.7. The second-order valence-electron chi connectivity index (χ2n) is 8.06. The van der Waals surface area contributed by atoms with Crippen molar-refractivity contribution in [2.45, 2.75) is 69.6 Å². The van der Waals surface area contributed by atoms with Crippen LogP contribution in [0.15, 0.2) is 24.3 Å². The van der Waals surface area contributed by atoms with Crippen molar-refractivity contribution in [1.82, 2.24) is 10.6 Å². The summed E-state index contributed by atoms with van der Waals surface area (Å²) in [6.45, 7) is 0.284. The Morgan fingerprint density at radius 2 is 1.79 bits per heavy atom. The van der Waals surface area contributed by atoms with Crippen molar-refractivity contribution in [3.63, 3.8) is 0 Å². The molecular weight excluding hydrogens is 375 g/mol. The van der Waals surface area contributed by atoms with Gasteiger partial charge < -0.3 is 20.5 Å². The molecule has 0 bridgehead atoms. The van der Waals surface area contributed by atoms with E-state index in [1.807, 2.05) is 0 Å². The minimum absolute atomic E-state index is 0.0801. The molecule has 1 aliphatic heterocycles. The summed E-state index contributed by atoms with van der Waals surface area (Å²) < 4.78 is 18.9. The first-order chi connectivity index (χ1) is 14.1. The summed E-state index contributed by atoms with van der Waals surface area (Å²) in [6.07, 6.45) is 6.93. The summed E-state index contributed by atoms with van der Waals surface area (Å²) in [7, 11) is 0. The Labute approximate surface area is 171 Å². The monoisotopic (exact) mass is 406 g/mol. The molecule has 160 valence electrons. The number of nitrogens with one attached hydrogen (secondary N) is 2. The molecule has 0 radical (unpaired) electrons. The largest absolute Gasteiger partial charge is 0.394 e. The fourth-order valence-corrected chi connectivity index (χ4v) is 4.22. The molecule has 0 spiro atoms. The van der Waals surface area contributed by atoms with E-state index in [-0.39, 0.29) is 42.3 Å². The maximum Gasteiger partial charge on any atom is 0.251 e. The summed E-state index contributed by atoms with van der Waals surface area (Å²) in [5.41, 5.74) is 0.412. The smallest absolute Gasteiger partial charge is 0.251 e. The van der Waals surface area contributed by atoms with Crippen LogP contribution in [0.3, 0.4) is 0 Å². The number of carbonyl (C=O) groups excluding carboxylic acids is 2. The molecule has 1 saturated carbocycles. The van der Waals surface area contributed by atoms with Crippen molar-refractivity contribution in [2.24, 2.45) is 5.92 Å². The van der Waals surface area contributed by atoms with Crippen molar-refractivity contribution in [1.29, 1.82) is 0 Å². The Bertz CT molecular complexity index is 676. The maximum absolute atomic E-state index is 12.9. The van der Waals surface area contributed by atoms with E-state index in [9.17, 15) is 19.1 Å². The van der Waals surface area contributed by atoms with Gasteiger partial charge in [0.05, 0.1) is 18.8 Å². The predicted molar refractivity (Wildman–Crippen MR) is 107 cm³/mol. The molecule has 3 atom stereocenters. The lowest BCUT2D eigenvalue weighted by molar-refractivity contribution is -0.132. The zero-order valence-corrected chi connectivity index (χ0v) is 16.7. The molecule has 2 aliphatic rings. The second kappa shape index (κ2) is 10.7. The van der Waals surface area contributed by atoms with E-state index in [1.165, 1.54) is 30.7 Å². The van der Waals surface area contributed by atoms with Crippen LogP contribution in [0.2, 0.25) is 0 Å².